The summed E-state index contributed by atoms with van der Waals surface area (Å²) < 4.78 is 30.9. The maximum atomic E-state index is 13.3. The predicted octanol–water partition coefficient (Wildman–Crippen LogP) is 1.18. The first-order valence-electron chi connectivity index (χ1n) is 5.67. The van der Waals surface area contributed by atoms with Crippen LogP contribution in [0.2, 0.25) is 0 Å². The van der Waals surface area contributed by atoms with E-state index in [9.17, 15) is 23.2 Å². The van der Waals surface area contributed by atoms with Gasteiger partial charge in [-0.3, -0.25) is 14.9 Å². The Bertz CT molecular complexity index is 568. The molecule has 114 valence electrons. The summed E-state index contributed by atoms with van der Waals surface area (Å²) in [5.74, 6) is -3.34. The third kappa shape index (κ3) is 5.78. The lowest BCUT2D eigenvalue weighted by atomic mass is 10.3. The van der Waals surface area contributed by atoms with Crippen molar-refractivity contribution in [1.29, 1.82) is 0 Å². The van der Waals surface area contributed by atoms with Crippen molar-refractivity contribution in [3.8, 4) is 0 Å². The van der Waals surface area contributed by atoms with Gasteiger partial charge in [0.1, 0.15) is 11.6 Å². The minimum absolute atomic E-state index is 0.0545. The molecule has 0 radical (unpaired) electrons. The summed E-state index contributed by atoms with van der Waals surface area (Å²) in [5.41, 5.74) is 4.73. The number of benzene rings is 1. The zero-order valence-corrected chi connectivity index (χ0v) is 11.7. The molecule has 9 heteroatoms. The number of hydrogen-bond donors (Lipinski definition) is 2. The third-order valence-corrected chi connectivity index (χ3v) is 3.17. The molecule has 0 saturated carbocycles. The Balaban J connectivity index is 2.49. The van der Waals surface area contributed by atoms with E-state index in [-0.39, 0.29) is 10.6 Å². The molecule has 3 N–H and O–H groups in total. The van der Waals surface area contributed by atoms with Crippen LogP contribution in [0.4, 0.5) is 13.6 Å². The minimum Gasteiger partial charge on any atom is -0.452 e. The summed E-state index contributed by atoms with van der Waals surface area (Å²) in [4.78, 5) is 33.1. The number of urea groups is 1. The topological polar surface area (TPSA) is 98.5 Å². The number of esters is 1. The van der Waals surface area contributed by atoms with Crippen LogP contribution in [0.15, 0.2) is 23.1 Å². The number of thioether (sulfide) groups is 1. The molecular weight excluding hydrogens is 306 g/mol. The van der Waals surface area contributed by atoms with Crippen LogP contribution >= 0.6 is 11.8 Å². The maximum absolute atomic E-state index is 13.3. The van der Waals surface area contributed by atoms with Crippen LogP contribution in [0, 0.1) is 11.6 Å². The molecule has 3 amide bonds. The number of ether oxygens (including phenoxy) is 1. The van der Waals surface area contributed by atoms with Gasteiger partial charge in [-0.1, -0.05) is 0 Å². The summed E-state index contributed by atoms with van der Waals surface area (Å²) in [6.07, 6.45) is -1.23. The van der Waals surface area contributed by atoms with Crippen molar-refractivity contribution in [2.45, 2.75) is 17.9 Å². The fourth-order valence-electron chi connectivity index (χ4n) is 1.23. The van der Waals surface area contributed by atoms with E-state index < -0.39 is 35.6 Å². The van der Waals surface area contributed by atoms with Crippen LogP contribution in [-0.2, 0) is 14.3 Å². The highest BCUT2D eigenvalue weighted by Gasteiger charge is 2.19. The normalized spacial score (nSPS) is 11.6. The van der Waals surface area contributed by atoms with E-state index >= 15 is 0 Å². The average molecular weight is 318 g/mol. The number of rotatable bonds is 5. The van der Waals surface area contributed by atoms with Crippen molar-refractivity contribution >= 4 is 29.7 Å². The molecule has 0 aliphatic heterocycles. The van der Waals surface area contributed by atoms with Gasteiger partial charge in [-0.15, -0.1) is 11.8 Å². The first-order valence-corrected chi connectivity index (χ1v) is 6.65. The van der Waals surface area contributed by atoms with E-state index in [1.54, 1.807) is 5.32 Å². The molecule has 0 aliphatic rings. The van der Waals surface area contributed by atoms with Gasteiger partial charge < -0.3 is 10.5 Å². The highest BCUT2D eigenvalue weighted by atomic mass is 32.2. The van der Waals surface area contributed by atoms with Crippen LogP contribution in [0.1, 0.15) is 6.92 Å². The number of nitrogens with one attached hydrogen (secondary N) is 1. The minimum atomic E-state index is -1.23. The molecule has 0 aromatic heterocycles. The van der Waals surface area contributed by atoms with Crippen LogP contribution in [0.3, 0.4) is 0 Å². The van der Waals surface area contributed by atoms with Gasteiger partial charge in [0.05, 0.1) is 5.75 Å². The molecule has 0 spiro atoms. The number of nitrogens with two attached hydrogens (primary N) is 1. The number of imide groups is 1. The molecule has 1 atom stereocenters. The van der Waals surface area contributed by atoms with E-state index in [1.807, 2.05) is 0 Å². The van der Waals surface area contributed by atoms with Crippen molar-refractivity contribution in [3.05, 3.63) is 29.8 Å². The highest BCUT2D eigenvalue weighted by Crippen LogP contribution is 2.22. The Labute approximate surface area is 123 Å². The first-order chi connectivity index (χ1) is 9.79. The first kappa shape index (κ1) is 16.9. The van der Waals surface area contributed by atoms with Crippen LogP contribution in [0.25, 0.3) is 0 Å². The monoisotopic (exact) mass is 318 g/mol. The van der Waals surface area contributed by atoms with Gasteiger partial charge in [0, 0.05) is 4.90 Å². The molecule has 0 fully saturated rings. The molecule has 6 nitrogen and oxygen atoms in total. The molecule has 0 bridgehead atoms. The lowest BCUT2D eigenvalue weighted by Crippen LogP contribution is -2.42. The van der Waals surface area contributed by atoms with Gasteiger partial charge >= 0.3 is 12.0 Å². The molecule has 0 heterocycles. The Morgan fingerprint density at radius 1 is 1.38 bits per heavy atom. The zero-order chi connectivity index (χ0) is 16.0. The van der Waals surface area contributed by atoms with Gasteiger partial charge in [-0.05, 0) is 25.1 Å². The van der Waals surface area contributed by atoms with Gasteiger partial charge in [-0.2, -0.15) is 0 Å². The number of halogens is 2. The summed E-state index contributed by atoms with van der Waals surface area (Å²) >= 11 is 0.724. The number of amides is 3. The van der Waals surface area contributed by atoms with E-state index in [4.69, 9.17) is 10.5 Å². The summed E-state index contributed by atoms with van der Waals surface area (Å²) in [6.45, 7) is 1.24. The summed E-state index contributed by atoms with van der Waals surface area (Å²) in [6, 6.07) is 1.76. The number of primary amides is 1. The zero-order valence-electron chi connectivity index (χ0n) is 10.9. The Hall–Kier alpha value is -2.16. The molecule has 21 heavy (non-hydrogen) atoms. The summed E-state index contributed by atoms with van der Waals surface area (Å²) in [5, 5.41) is 1.74. The Morgan fingerprint density at radius 3 is 2.67 bits per heavy atom. The third-order valence-electron chi connectivity index (χ3n) is 2.16. The fraction of sp³-hybridized carbons (Fsp3) is 0.250. The van der Waals surface area contributed by atoms with Gasteiger partial charge in [-0.25, -0.2) is 13.6 Å². The lowest BCUT2D eigenvalue weighted by Gasteiger charge is -2.11. The molecule has 0 aliphatic carbocycles. The van der Waals surface area contributed by atoms with Crippen molar-refractivity contribution in [2.24, 2.45) is 5.73 Å². The van der Waals surface area contributed by atoms with E-state index in [1.165, 1.54) is 6.92 Å². The second kappa shape index (κ2) is 7.58. The summed E-state index contributed by atoms with van der Waals surface area (Å²) in [7, 11) is 0. The number of hydrogen-bond acceptors (Lipinski definition) is 5. The quantitative estimate of drug-likeness (QED) is 0.627. The molecule has 1 aromatic carbocycles. The second-order valence-corrected chi connectivity index (χ2v) is 4.87. The van der Waals surface area contributed by atoms with Crippen molar-refractivity contribution in [3.63, 3.8) is 0 Å². The van der Waals surface area contributed by atoms with Crippen molar-refractivity contribution < 1.29 is 27.9 Å². The number of carbonyl (C=O) groups excluding carboxylic acids is 3. The predicted molar refractivity (Wildman–Crippen MR) is 70.4 cm³/mol. The van der Waals surface area contributed by atoms with Crippen LogP contribution in [-0.4, -0.2) is 29.8 Å². The van der Waals surface area contributed by atoms with Crippen LogP contribution in [0.5, 0.6) is 0 Å². The van der Waals surface area contributed by atoms with Gasteiger partial charge in [0.15, 0.2) is 6.10 Å². The van der Waals surface area contributed by atoms with Gasteiger partial charge in [0.25, 0.3) is 5.91 Å². The highest BCUT2D eigenvalue weighted by molar-refractivity contribution is 8.00. The SMILES string of the molecule is C[C@H](OC(=O)CSc1cc(F)ccc1F)C(=O)NC(N)=O. The van der Waals surface area contributed by atoms with Gasteiger partial charge in [0.2, 0.25) is 0 Å². The van der Waals surface area contributed by atoms with Crippen LogP contribution < -0.4 is 11.1 Å². The molecule has 0 saturated heterocycles. The molecular formula is C12H12F2N2O4S. The lowest BCUT2D eigenvalue weighted by molar-refractivity contribution is -0.151. The fourth-order valence-corrected chi connectivity index (χ4v) is 1.98. The Morgan fingerprint density at radius 2 is 2.05 bits per heavy atom. The molecule has 1 rings (SSSR count). The standard InChI is InChI=1S/C12H12F2N2O4S/c1-6(11(18)16-12(15)19)20-10(17)5-21-9-4-7(13)2-3-8(9)14/h2-4,6H,5H2,1H3,(H3,15,16,18,19)/t6-/m0/s1. The smallest absolute Gasteiger partial charge is 0.318 e. The molecule has 0 unspecified atom stereocenters. The Kier molecular flexibility index (Phi) is 6.10. The van der Waals surface area contributed by atoms with Crippen molar-refractivity contribution in [1.82, 2.24) is 5.32 Å². The molecule has 1 aromatic rings. The average Bonchev–Trinajstić information content (AvgIpc) is 2.39. The van der Waals surface area contributed by atoms with E-state index in [0.717, 1.165) is 30.0 Å². The second-order valence-electron chi connectivity index (χ2n) is 3.85. The largest absolute Gasteiger partial charge is 0.452 e. The van der Waals surface area contributed by atoms with E-state index in [2.05, 4.69) is 0 Å². The maximum Gasteiger partial charge on any atom is 0.318 e. The van der Waals surface area contributed by atoms with Crippen molar-refractivity contribution in [2.75, 3.05) is 5.75 Å². The number of carbonyl (C=O) groups is 3. The van der Waals surface area contributed by atoms with E-state index in [0.29, 0.717) is 0 Å².